The van der Waals surface area contributed by atoms with Gasteiger partial charge in [0.1, 0.15) is 11.5 Å². The molecule has 1 amide bonds. The van der Waals surface area contributed by atoms with Gasteiger partial charge in [0.05, 0.1) is 6.10 Å². The molecule has 1 heterocycles. The molecule has 0 saturated heterocycles. The van der Waals surface area contributed by atoms with Crippen molar-refractivity contribution < 1.29 is 9.53 Å². The van der Waals surface area contributed by atoms with Crippen molar-refractivity contribution >= 4 is 11.7 Å². The second-order valence-corrected chi connectivity index (χ2v) is 4.05. The fourth-order valence-corrected chi connectivity index (χ4v) is 1.78. The van der Waals surface area contributed by atoms with E-state index in [9.17, 15) is 4.79 Å². The van der Waals surface area contributed by atoms with Crippen molar-refractivity contribution in [1.82, 2.24) is 10.3 Å². The molecule has 4 N–H and O–H groups in total. The summed E-state index contributed by atoms with van der Waals surface area (Å²) in [7, 11) is 1.68. The summed E-state index contributed by atoms with van der Waals surface area (Å²) in [6.07, 6.45) is 1.99. The maximum Gasteiger partial charge on any atom is 0.270 e. The highest BCUT2D eigenvalue weighted by Gasteiger charge is 2.30. The van der Waals surface area contributed by atoms with E-state index in [4.69, 9.17) is 10.6 Å². The molecule has 0 aliphatic heterocycles. The number of aromatic nitrogens is 1. The SMILES string of the molecule is COC1CC(NC(=O)c2cccc(NN)n2)C1. The Labute approximate surface area is 99.5 Å². The number of pyridine rings is 1. The zero-order valence-corrected chi connectivity index (χ0v) is 9.64. The number of hydrazine groups is 1. The van der Waals surface area contributed by atoms with Crippen molar-refractivity contribution in [2.24, 2.45) is 5.84 Å². The third kappa shape index (κ3) is 2.72. The number of nitrogen functional groups attached to an aromatic ring is 1. The van der Waals surface area contributed by atoms with Gasteiger partial charge in [0.25, 0.3) is 5.91 Å². The summed E-state index contributed by atoms with van der Waals surface area (Å²) in [5.41, 5.74) is 2.77. The summed E-state index contributed by atoms with van der Waals surface area (Å²) >= 11 is 0. The van der Waals surface area contributed by atoms with Gasteiger partial charge in [-0.3, -0.25) is 4.79 Å². The lowest BCUT2D eigenvalue weighted by atomic mass is 9.89. The number of nitrogens with two attached hydrogens (primary N) is 1. The van der Waals surface area contributed by atoms with Crippen LogP contribution in [-0.2, 0) is 4.74 Å². The number of methoxy groups -OCH3 is 1. The molecule has 92 valence electrons. The quantitative estimate of drug-likeness (QED) is 0.516. The maximum atomic E-state index is 11.8. The zero-order chi connectivity index (χ0) is 12.3. The summed E-state index contributed by atoms with van der Waals surface area (Å²) in [6.45, 7) is 0. The molecule has 1 aliphatic carbocycles. The number of rotatable bonds is 4. The van der Waals surface area contributed by atoms with E-state index in [1.807, 2.05) is 0 Å². The molecule has 0 aromatic carbocycles. The molecule has 1 aliphatic rings. The average Bonchev–Trinajstić information content (AvgIpc) is 2.33. The molecule has 0 atom stereocenters. The fraction of sp³-hybridized carbons (Fsp3) is 0.455. The monoisotopic (exact) mass is 236 g/mol. The van der Waals surface area contributed by atoms with E-state index in [1.54, 1.807) is 25.3 Å². The van der Waals surface area contributed by atoms with Gasteiger partial charge in [-0.2, -0.15) is 0 Å². The van der Waals surface area contributed by atoms with Crippen LogP contribution in [0.1, 0.15) is 23.3 Å². The van der Waals surface area contributed by atoms with Crippen LogP contribution in [0.3, 0.4) is 0 Å². The second-order valence-electron chi connectivity index (χ2n) is 4.05. The third-order valence-electron chi connectivity index (χ3n) is 2.89. The molecule has 1 aromatic rings. The minimum absolute atomic E-state index is 0.179. The molecule has 0 spiro atoms. The Morgan fingerprint density at radius 2 is 2.29 bits per heavy atom. The molecule has 2 rings (SSSR count). The average molecular weight is 236 g/mol. The number of carbonyl (C=O) groups excluding carboxylic acids is 1. The lowest BCUT2D eigenvalue weighted by molar-refractivity contribution is 0.0175. The lowest BCUT2D eigenvalue weighted by Crippen LogP contribution is -2.47. The van der Waals surface area contributed by atoms with Gasteiger partial charge >= 0.3 is 0 Å². The Bertz CT molecular complexity index is 404. The number of carbonyl (C=O) groups is 1. The van der Waals surface area contributed by atoms with E-state index in [0.29, 0.717) is 11.5 Å². The van der Waals surface area contributed by atoms with Crippen molar-refractivity contribution in [3.63, 3.8) is 0 Å². The molecular formula is C11H16N4O2. The Kier molecular flexibility index (Phi) is 3.55. The van der Waals surface area contributed by atoms with Gasteiger partial charge in [-0.15, -0.1) is 0 Å². The molecule has 1 aromatic heterocycles. The van der Waals surface area contributed by atoms with E-state index in [-0.39, 0.29) is 18.1 Å². The molecule has 17 heavy (non-hydrogen) atoms. The molecule has 6 nitrogen and oxygen atoms in total. The summed E-state index contributed by atoms with van der Waals surface area (Å²) in [5.74, 6) is 5.53. The first-order valence-electron chi connectivity index (χ1n) is 5.50. The van der Waals surface area contributed by atoms with Gasteiger partial charge in [0.15, 0.2) is 0 Å². The molecule has 0 radical (unpaired) electrons. The van der Waals surface area contributed by atoms with Crippen molar-refractivity contribution in [1.29, 1.82) is 0 Å². The van der Waals surface area contributed by atoms with E-state index >= 15 is 0 Å². The Hall–Kier alpha value is -1.66. The first-order valence-corrected chi connectivity index (χ1v) is 5.50. The number of nitrogens with zero attached hydrogens (tertiary/aromatic N) is 1. The number of amides is 1. The first-order chi connectivity index (χ1) is 8.22. The van der Waals surface area contributed by atoms with Gasteiger partial charge < -0.3 is 15.5 Å². The molecule has 0 unspecified atom stereocenters. The maximum absolute atomic E-state index is 11.8. The van der Waals surface area contributed by atoms with Crippen LogP contribution in [0.25, 0.3) is 0 Å². The minimum atomic E-state index is -0.179. The highest BCUT2D eigenvalue weighted by molar-refractivity contribution is 5.92. The van der Waals surface area contributed by atoms with Crippen LogP contribution in [0.5, 0.6) is 0 Å². The summed E-state index contributed by atoms with van der Waals surface area (Å²) in [4.78, 5) is 15.9. The van der Waals surface area contributed by atoms with Gasteiger partial charge in [0, 0.05) is 13.2 Å². The Morgan fingerprint density at radius 3 is 2.94 bits per heavy atom. The predicted molar refractivity (Wildman–Crippen MR) is 63.3 cm³/mol. The van der Waals surface area contributed by atoms with Gasteiger partial charge in [-0.1, -0.05) is 6.07 Å². The van der Waals surface area contributed by atoms with Gasteiger partial charge in [-0.05, 0) is 25.0 Å². The van der Waals surface area contributed by atoms with E-state index in [2.05, 4.69) is 15.7 Å². The Morgan fingerprint density at radius 1 is 1.53 bits per heavy atom. The highest BCUT2D eigenvalue weighted by atomic mass is 16.5. The van der Waals surface area contributed by atoms with Crippen molar-refractivity contribution in [3.05, 3.63) is 23.9 Å². The number of nitrogens with one attached hydrogen (secondary N) is 2. The van der Waals surface area contributed by atoms with Crippen LogP contribution < -0.4 is 16.6 Å². The number of hydrogen-bond donors (Lipinski definition) is 3. The summed E-state index contributed by atoms with van der Waals surface area (Å²) in [6, 6.07) is 5.27. The van der Waals surface area contributed by atoms with Gasteiger partial charge in [-0.25, -0.2) is 10.8 Å². The van der Waals surface area contributed by atoms with Crippen LogP contribution in [0.2, 0.25) is 0 Å². The predicted octanol–water partition coefficient (Wildman–Crippen LogP) is 0.274. The fourth-order valence-electron chi connectivity index (χ4n) is 1.78. The smallest absolute Gasteiger partial charge is 0.270 e. The van der Waals surface area contributed by atoms with Crippen LogP contribution in [-0.4, -0.2) is 30.1 Å². The normalized spacial score (nSPS) is 22.7. The molecular weight excluding hydrogens is 220 g/mol. The van der Waals surface area contributed by atoms with E-state index < -0.39 is 0 Å². The van der Waals surface area contributed by atoms with Crippen LogP contribution >= 0.6 is 0 Å². The minimum Gasteiger partial charge on any atom is -0.381 e. The first kappa shape index (κ1) is 11.8. The van der Waals surface area contributed by atoms with Crippen molar-refractivity contribution in [3.8, 4) is 0 Å². The van der Waals surface area contributed by atoms with E-state index in [0.717, 1.165) is 12.8 Å². The van der Waals surface area contributed by atoms with Gasteiger partial charge in [0.2, 0.25) is 0 Å². The topological polar surface area (TPSA) is 89.3 Å². The number of ether oxygens (including phenoxy) is 1. The Balaban J connectivity index is 1.91. The standard InChI is InChI=1S/C11H16N4O2/c1-17-8-5-7(6-8)13-11(16)9-3-2-4-10(14-9)15-12/h2-4,7-8H,5-6,12H2,1H3,(H,13,16)(H,14,15). The summed E-state index contributed by atoms with van der Waals surface area (Å²) in [5, 5.41) is 2.90. The molecule has 6 heteroatoms. The molecule has 1 fully saturated rings. The highest BCUT2D eigenvalue weighted by Crippen LogP contribution is 2.22. The number of anilines is 1. The second kappa shape index (κ2) is 5.11. The lowest BCUT2D eigenvalue weighted by Gasteiger charge is -2.34. The van der Waals surface area contributed by atoms with E-state index in [1.165, 1.54) is 0 Å². The van der Waals surface area contributed by atoms with Crippen LogP contribution in [0, 0.1) is 0 Å². The number of hydrogen-bond acceptors (Lipinski definition) is 5. The van der Waals surface area contributed by atoms with Crippen LogP contribution in [0.4, 0.5) is 5.82 Å². The molecule has 0 bridgehead atoms. The largest absolute Gasteiger partial charge is 0.381 e. The third-order valence-corrected chi connectivity index (χ3v) is 2.89. The van der Waals surface area contributed by atoms with Crippen LogP contribution in [0.15, 0.2) is 18.2 Å². The summed E-state index contributed by atoms with van der Waals surface area (Å²) < 4.78 is 5.15. The van der Waals surface area contributed by atoms with Crippen molar-refractivity contribution in [2.45, 2.75) is 25.0 Å². The van der Waals surface area contributed by atoms with Crippen molar-refractivity contribution in [2.75, 3.05) is 12.5 Å². The zero-order valence-electron chi connectivity index (χ0n) is 9.64. The molecule has 1 saturated carbocycles.